The van der Waals surface area contributed by atoms with Crippen molar-refractivity contribution >= 4 is 10.0 Å². The molecule has 0 aromatic carbocycles. The molecule has 0 aliphatic carbocycles. The smallest absolute Gasteiger partial charge is 0.213 e. The Bertz CT molecular complexity index is 607. The number of rotatable bonds is 6. The zero-order chi connectivity index (χ0) is 15.6. The predicted molar refractivity (Wildman–Crippen MR) is 81.7 cm³/mol. The summed E-state index contributed by atoms with van der Waals surface area (Å²) in [6.07, 6.45) is 3.48. The van der Waals surface area contributed by atoms with Gasteiger partial charge in [-0.05, 0) is 24.6 Å². The van der Waals surface area contributed by atoms with Gasteiger partial charge in [0.15, 0.2) is 0 Å². The van der Waals surface area contributed by atoms with E-state index in [0.717, 1.165) is 5.56 Å². The zero-order valence-corrected chi connectivity index (χ0v) is 13.6. The highest BCUT2D eigenvalue weighted by atomic mass is 32.2. The van der Waals surface area contributed by atoms with E-state index < -0.39 is 10.0 Å². The van der Waals surface area contributed by atoms with E-state index in [1.807, 2.05) is 12.1 Å². The van der Waals surface area contributed by atoms with Crippen molar-refractivity contribution in [3.63, 3.8) is 0 Å². The Labute approximate surface area is 131 Å². The van der Waals surface area contributed by atoms with Crippen LogP contribution in [0.25, 0.3) is 0 Å². The predicted octanol–water partition coefficient (Wildman–Crippen LogP) is 0.896. The molecule has 0 unspecified atom stereocenters. The lowest BCUT2D eigenvalue weighted by Crippen LogP contribution is -2.37. The van der Waals surface area contributed by atoms with Crippen LogP contribution in [-0.4, -0.2) is 56.4 Å². The molecule has 6 nitrogen and oxygen atoms in total. The lowest BCUT2D eigenvalue weighted by molar-refractivity contribution is 0.0224. The maximum atomic E-state index is 12.1. The SMILES string of the molecule is CCS(=O)(=O)N1C[C@@H]2COC[C@]2(COCc2ccncc2)C1. The van der Waals surface area contributed by atoms with Crippen molar-refractivity contribution in [3.05, 3.63) is 30.1 Å². The van der Waals surface area contributed by atoms with E-state index in [9.17, 15) is 8.42 Å². The van der Waals surface area contributed by atoms with E-state index in [1.54, 1.807) is 23.6 Å². The summed E-state index contributed by atoms with van der Waals surface area (Å²) in [5.74, 6) is 0.375. The monoisotopic (exact) mass is 326 g/mol. The molecule has 122 valence electrons. The van der Waals surface area contributed by atoms with Gasteiger partial charge >= 0.3 is 0 Å². The molecule has 0 radical (unpaired) electrons. The molecular weight excluding hydrogens is 304 g/mol. The van der Waals surface area contributed by atoms with Crippen LogP contribution in [0.3, 0.4) is 0 Å². The number of sulfonamides is 1. The number of ether oxygens (including phenoxy) is 2. The van der Waals surface area contributed by atoms with Gasteiger partial charge < -0.3 is 9.47 Å². The lowest BCUT2D eigenvalue weighted by Gasteiger charge is -2.26. The van der Waals surface area contributed by atoms with Crippen LogP contribution in [0, 0.1) is 11.3 Å². The van der Waals surface area contributed by atoms with Crippen LogP contribution in [0.15, 0.2) is 24.5 Å². The Morgan fingerprint density at radius 3 is 2.95 bits per heavy atom. The van der Waals surface area contributed by atoms with Crippen molar-refractivity contribution in [2.75, 3.05) is 38.7 Å². The first-order chi connectivity index (χ1) is 10.6. The highest BCUT2D eigenvalue weighted by Gasteiger charge is 2.53. The minimum atomic E-state index is -3.14. The summed E-state index contributed by atoms with van der Waals surface area (Å²) in [5.41, 5.74) is 0.868. The largest absolute Gasteiger partial charge is 0.380 e. The Balaban J connectivity index is 1.63. The number of hydrogen-bond acceptors (Lipinski definition) is 5. The minimum absolute atomic E-state index is 0.147. The summed E-state index contributed by atoms with van der Waals surface area (Å²) in [4.78, 5) is 3.98. The highest BCUT2D eigenvalue weighted by Crippen LogP contribution is 2.42. The summed E-state index contributed by atoms with van der Waals surface area (Å²) in [6, 6.07) is 3.84. The summed E-state index contributed by atoms with van der Waals surface area (Å²) in [5, 5.41) is 0. The van der Waals surface area contributed by atoms with Gasteiger partial charge in [0.05, 0.1) is 32.2 Å². The molecule has 3 heterocycles. The molecule has 2 fully saturated rings. The Morgan fingerprint density at radius 1 is 1.45 bits per heavy atom. The van der Waals surface area contributed by atoms with Crippen LogP contribution in [0.5, 0.6) is 0 Å². The molecule has 3 rings (SSSR count). The van der Waals surface area contributed by atoms with Crippen LogP contribution in [0.1, 0.15) is 12.5 Å². The molecule has 1 aromatic rings. The summed E-state index contributed by atoms with van der Waals surface area (Å²) in [6.45, 7) is 4.97. The Kier molecular flexibility index (Phi) is 4.49. The van der Waals surface area contributed by atoms with E-state index in [0.29, 0.717) is 39.5 Å². The molecule has 22 heavy (non-hydrogen) atoms. The topological polar surface area (TPSA) is 68.7 Å². The first kappa shape index (κ1) is 15.9. The molecule has 2 aliphatic rings. The molecule has 0 spiro atoms. The van der Waals surface area contributed by atoms with Crippen LogP contribution in [0.2, 0.25) is 0 Å². The molecular formula is C15H22N2O4S. The van der Waals surface area contributed by atoms with E-state index >= 15 is 0 Å². The Morgan fingerprint density at radius 2 is 2.23 bits per heavy atom. The van der Waals surface area contributed by atoms with Gasteiger partial charge in [0.2, 0.25) is 10.0 Å². The molecule has 0 N–H and O–H groups in total. The van der Waals surface area contributed by atoms with Crippen LogP contribution >= 0.6 is 0 Å². The molecule has 2 aliphatic heterocycles. The van der Waals surface area contributed by atoms with Gasteiger partial charge in [-0.1, -0.05) is 0 Å². The van der Waals surface area contributed by atoms with Gasteiger partial charge in [-0.15, -0.1) is 0 Å². The molecule has 0 bridgehead atoms. The van der Waals surface area contributed by atoms with E-state index in [4.69, 9.17) is 9.47 Å². The molecule has 0 saturated carbocycles. The fourth-order valence-electron chi connectivity index (χ4n) is 3.23. The molecule has 2 saturated heterocycles. The fourth-order valence-corrected chi connectivity index (χ4v) is 4.46. The van der Waals surface area contributed by atoms with Gasteiger partial charge in [0, 0.05) is 36.8 Å². The average Bonchev–Trinajstić information content (AvgIpc) is 3.06. The third-order valence-electron chi connectivity index (χ3n) is 4.66. The van der Waals surface area contributed by atoms with Crippen LogP contribution in [-0.2, 0) is 26.1 Å². The maximum Gasteiger partial charge on any atom is 0.213 e. The summed E-state index contributed by atoms with van der Waals surface area (Å²) < 4.78 is 37.3. The third kappa shape index (κ3) is 3.03. The first-order valence-corrected chi connectivity index (χ1v) is 9.19. The highest BCUT2D eigenvalue weighted by molar-refractivity contribution is 7.89. The second-order valence-corrected chi connectivity index (χ2v) is 8.37. The quantitative estimate of drug-likeness (QED) is 0.777. The van der Waals surface area contributed by atoms with Crippen molar-refractivity contribution in [2.45, 2.75) is 13.5 Å². The van der Waals surface area contributed by atoms with Crippen molar-refractivity contribution in [1.29, 1.82) is 0 Å². The average molecular weight is 326 g/mol. The molecule has 1 aromatic heterocycles. The number of aromatic nitrogens is 1. The normalized spacial score (nSPS) is 28.9. The number of fused-ring (bicyclic) bond motifs is 1. The molecule has 0 amide bonds. The van der Waals surface area contributed by atoms with Crippen LogP contribution in [0.4, 0.5) is 0 Å². The standard InChI is InChI=1S/C15H22N2O4S/c1-2-22(18,19)17-7-14-9-21-12-15(14,10-17)11-20-8-13-3-5-16-6-4-13/h3-6,14H,2,7-12H2,1H3/t14-,15-/m1/s1. The van der Waals surface area contributed by atoms with Crippen LogP contribution < -0.4 is 0 Å². The van der Waals surface area contributed by atoms with E-state index in [-0.39, 0.29) is 17.1 Å². The van der Waals surface area contributed by atoms with Crippen molar-refractivity contribution < 1.29 is 17.9 Å². The molecule has 7 heteroatoms. The minimum Gasteiger partial charge on any atom is -0.380 e. The van der Waals surface area contributed by atoms with Crippen molar-refractivity contribution in [2.24, 2.45) is 11.3 Å². The van der Waals surface area contributed by atoms with Gasteiger partial charge in [-0.2, -0.15) is 0 Å². The second kappa shape index (κ2) is 6.23. The number of nitrogens with zero attached hydrogens (tertiary/aromatic N) is 2. The van der Waals surface area contributed by atoms with E-state index in [1.165, 1.54) is 0 Å². The summed E-state index contributed by atoms with van der Waals surface area (Å²) >= 11 is 0. The zero-order valence-electron chi connectivity index (χ0n) is 12.8. The lowest BCUT2D eigenvalue weighted by atomic mass is 9.82. The number of hydrogen-bond donors (Lipinski definition) is 0. The van der Waals surface area contributed by atoms with E-state index in [2.05, 4.69) is 4.98 Å². The van der Waals surface area contributed by atoms with Crippen molar-refractivity contribution in [3.8, 4) is 0 Å². The fraction of sp³-hybridized carbons (Fsp3) is 0.667. The molecule has 2 atom stereocenters. The van der Waals surface area contributed by atoms with Crippen molar-refractivity contribution in [1.82, 2.24) is 9.29 Å². The second-order valence-electron chi connectivity index (χ2n) is 6.12. The summed E-state index contributed by atoms with van der Waals surface area (Å²) in [7, 11) is -3.14. The van der Waals surface area contributed by atoms with Gasteiger partial charge in [0.1, 0.15) is 0 Å². The van der Waals surface area contributed by atoms with Gasteiger partial charge in [0.25, 0.3) is 0 Å². The number of pyridine rings is 1. The Hall–Kier alpha value is -1.02. The first-order valence-electron chi connectivity index (χ1n) is 7.58. The maximum absolute atomic E-state index is 12.1. The third-order valence-corrected chi connectivity index (χ3v) is 6.45. The van der Waals surface area contributed by atoms with Gasteiger partial charge in [-0.3, -0.25) is 4.98 Å². The van der Waals surface area contributed by atoms with Gasteiger partial charge in [-0.25, -0.2) is 12.7 Å².